The molecule has 0 unspecified atom stereocenters. The monoisotopic (exact) mass is 182 g/mol. The lowest BCUT2D eigenvalue weighted by Crippen LogP contribution is -2.23. The van der Waals surface area contributed by atoms with Crippen LogP contribution in [-0.2, 0) is 4.79 Å². The fraction of sp³-hybridized carbons (Fsp3) is 0.700. The highest BCUT2D eigenvalue weighted by Gasteiger charge is 1.97. The molecule has 13 heavy (non-hydrogen) atoms. The minimum absolute atomic E-state index is 0.103. The SMILES string of the molecule is CC#CCCNC(=O)CCCCN. The normalized spacial score (nSPS) is 8.77. The number of hydrogen-bond donors (Lipinski definition) is 2. The molecule has 0 saturated carbocycles. The van der Waals surface area contributed by atoms with Crippen LogP contribution in [-0.4, -0.2) is 19.0 Å². The largest absolute Gasteiger partial charge is 0.355 e. The highest BCUT2D eigenvalue weighted by atomic mass is 16.1. The number of rotatable bonds is 6. The van der Waals surface area contributed by atoms with E-state index in [1.807, 2.05) is 0 Å². The Balaban J connectivity index is 3.23. The lowest BCUT2D eigenvalue weighted by molar-refractivity contribution is -0.121. The predicted octanol–water partition coefficient (Wildman–Crippen LogP) is 0.645. The van der Waals surface area contributed by atoms with Gasteiger partial charge in [0.15, 0.2) is 0 Å². The smallest absolute Gasteiger partial charge is 0.220 e. The fourth-order valence-electron chi connectivity index (χ4n) is 0.908. The summed E-state index contributed by atoms with van der Waals surface area (Å²) in [6, 6.07) is 0. The van der Waals surface area contributed by atoms with E-state index in [2.05, 4.69) is 17.2 Å². The van der Waals surface area contributed by atoms with Crippen LogP contribution in [0.25, 0.3) is 0 Å². The van der Waals surface area contributed by atoms with Crippen molar-refractivity contribution in [3.8, 4) is 11.8 Å². The lowest BCUT2D eigenvalue weighted by Gasteiger charge is -2.01. The lowest BCUT2D eigenvalue weighted by atomic mass is 10.2. The van der Waals surface area contributed by atoms with Gasteiger partial charge < -0.3 is 11.1 Å². The van der Waals surface area contributed by atoms with E-state index < -0.39 is 0 Å². The Morgan fingerprint density at radius 3 is 2.85 bits per heavy atom. The van der Waals surface area contributed by atoms with E-state index in [0.29, 0.717) is 19.5 Å². The Bertz CT molecular complexity index is 191. The second-order valence-electron chi connectivity index (χ2n) is 2.77. The molecule has 3 nitrogen and oxygen atoms in total. The standard InChI is InChI=1S/C10H18N2O/c1-2-3-6-9-12-10(13)7-4-5-8-11/h4-9,11H2,1H3,(H,12,13). The summed E-state index contributed by atoms with van der Waals surface area (Å²) in [5, 5.41) is 2.79. The molecule has 0 rings (SSSR count). The summed E-state index contributed by atoms with van der Waals surface area (Å²) in [5.41, 5.74) is 5.30. The molecular formula is C10H18N2O. The maximum atomic E-state index is 11.1. The van der Waals surface area contributed by atoms with Gasteiger partial charge in [-0.3, -0.25) is 4.79 Å². The summed E-state index contributed by atoms with van der Waals surface area (Å²) in [6.45, 7) is 3.11. The van der Waals surface area contributed by atoms with E-state index in [-0.39, 0.29) is 5.91 Å². The van der Waals surface area contributed by atoms with Crippen molar-refractivity contribution in [1.29, 1.82) is 0 Å². The Kier molecular flexibility index (Phi) is 8.38. The fourth-order valence-corrected chi connectivity index (χ4v) is 0.908. The predicted molar refractivity (Wildman–Crippen MR) is 54.0 cm³/mol. The highest BCUT2D eigenvalue weighted by Crippen LogP contribution is 1.92. The van der Waals surface area contributed by atoms with Gasteiger partial charge in [-0.25, -0.2) is 0 Å². The Hall–Kier alpha value is -1.01. The summed E-state index contributed by atoms with van der Waals surface area (Å²) in [7, 11) is 0. The zero-order valence-corrected chi connectivity index (χ0v) is 8.23. The highest BCUT2D eigenvalue weighted by molar-refractivity contribution is 5.75. The average molecular weight is 182 g/mol. The van der Waals surface area contributed by atoms with Crippen molar-refractivity contribution < 1.29 is 4.79 Å². The van der Waals surface area contributed by atoms with E-state index in [9.17, 15) is 4.79 Å². The van der Waals surface area contributed by atoms with Crippen molar-refractivity contribution >= 4 is 5.91 Å². The number of hydrogen-bond acceptors (Lipinski definition) is 2. The number of carbonyl (C=O) groups is 1. The molecule has 0 atom stereocenters. The van der Waals surface area contributed by atoms with Gasteiger partial charge in [-0.2, -0.15) is 0 Å². The van der Waals surface area contributed by atoms with Crippen molar-refractivity contribution in [1.82, 2.24) is 5.32 Å². The van der Waals surface area contributed by atoms with Crippen LogP contribution in [0.5, 0.6) is 0 Å². The Labute approximate surface area is 80.1 Å². The molecule has 0 radical (unpaired) electrons. The molecule has 3 N–H and O–H groups in total. The molecule has 0 aromatic carbocycles. The van der Waals surface area contributed by atoms with Gasteiger partial charge in [0.25, 0.3) is 0 Å². The first-order valence-corrected chi connectivity index (χ1v) is 4.67. The maximum absolute atomic E-state index is 11.1. The van der Waals surface area contributed by atoms with Crippen LogP contribution in [0.2, 0.25) is 0 Å². The molecule has 0 fully saturated rings. The van der Waals surface area contributed by atoms with Gasteiger partial charge >= 0.3 is 0 Å². The van der Waals surface area contributed by atoms with Crippen molar-refractivity contribution in [3.05, 3.63) is 0 Å². The summed E-state index contributed by atoms with van der Waals surface area (Å²) in [6.07, 6.45) is 3.11. The zero-order valence-electron chi connectivity index (χ0n) is 8.23. The number of nitrogens with one attached hydrogen (secondary N) is 1. The topological polar surface area (TPSA) is 55.1 Å². The Morgan fingerprint density at radius 2 is 2.23 bits per heavy atom. The van der Waals surface area contributed by atoms with Gasteiger partial charge in [-0.05, 0) is 26.3 Å². The van der Waals surface area contributed by atoms with Crippen LogP contribution in [0.4, 0.5) is 0 Å². The molecule has 0 aliphatic rings. The van der Waals surface area contributed by atoms with Crippen molar-refractivity contribution in [2.24, 2.45) is 5.73 Å². The zero-order chi connectivity index (χ0) is 9.94. The molecule has 0 saturated heterocycles. The molecule has 0 spiro atoms. The van der Waals surface area contributed by atoms with Crippen LogP contribution >= 0.6 is 0 Å². The first-order valence-electron chi connectivity index (χ1n) is 4.67. The maximum Gasteiger partial charge on any atom is 0.220 e. The van der Waals surface area contributed by atoms with Crippen LogP contribution in [0.15, 0.2) is 0 Å². The van der Waals surface area contributed by atoms with Crippen LogP contribution in [0.1, 0.15) is 32.6 Å². The summed E-state index contributed by atoms with van der Waals surface area (Å²) >= 11 is 0. The van der Waals surface area contributed by atoms with E-state index >= 15 is 0 Å². The van der Waals surface area contributed by atoms with Crippen LogP contribution in [0.3, 0.4) is 0 Å². The van der Waals surface area contributed by atoms with Crippen molar-refractivity contribution in [3.63, 3.8) is 0 Å². The van der Waals surface area contributed by atoms with Crippen LogP contribution < -0.4 is 11.1 Å². The molecule has 0 aromatic rings. The molecule has 0 heterocycles. The first kappa shape index (κ1) is 12.0. The molecule has 0 bridgehead atoms. The number of unbranched alkanes of at least 4 members (excludes halogenated alkanes) is 1. The first-order chi connectivity index (χ1) is 6.31. The molecule has 0 aliphatic carbocycles. The van der Waals surface area contributed by atoms with Gasteiger partial charge in [-0.15, -0.1) is 11.8 Å². The van der Waals surface area contributed by atoms with Crippen molar-refractivity contribution in [2.75, 3.05) is 13.1 Å². The summed E-state index contributed by atoms with van der Waals surface area (Å²) < 4.78 is 0. The van der Waals surface area contributed by atoms with Crippen LogP contribution in [0, 0.1) is 11.8 Å². The average Bonchev–Trinajstić information content (AvgIpc) is 2.13. The van der Waals surface area contributed by atoms with Gasteiger partial charge in [0.1, 0.15) is 0 Å². The second kappa shape index (κ2) is 9.08. The minimum Gasteiger partial charge on any atom is -0.355 e. The quantitative estimate of drug-likeness (QED) is 0.468. The van der Waals surface area contributed by atoms with E-state index in [4.69, 9.17) is 5.73 Å². The number of amides is 1. The molecule has 0 aliphatic heterocycles. The van der Waals surface area contributed by atoms with Gasteiger partial charge in [0.2, 0.25) is 5.91 Å². The van der Waals surface area contributed by atoms with E-state index in [1.54, 1.807) is 6.92 Å². The Morgan fingerprint density at radius 1 is 1.46 bits per heavy atom. The third-order valence-electron chi connectivity index (χ3n) is 1.61. The van der Waals surface area contributed by atoms with E-state index in [1.165, 1.54) is 0 Å². The van der Waals surface area contributed by atoms with Gasteiger partial charge in [0.05, 0.1) is 0 Å². The number of carbonyl (C=O) groups excluding carboxylic acids is 1. The third-order valence-corrected chi connectivity index (χ3v) is 1.61. The third kappa shape index (κ3) is 8.90. The van der Waals surface area contributed by atoms with Crippen molar-refractivity contribution in [2.45, 2.75) is 32.6 Å². The summed E-state index contributed by atoms with van der Waals surface area (Å²) in [4.78, 5) is 11.1. The molecule has 74 valence electrons. The summed E-state index contributed by atoms with van der Waals surface area (Å²) in [5.74, 6) is 5.77. The molecular weight excluding hydrogens is 164 g/mol. The number of nitrogens with two attached hydrogens (primary N) is 1. The van der Waals surface area contributed by atoms with E-state index in [0.717, 1.165) is 19.3 Å². The molecule has 1 amide bonds. The van der Waals surface area contributed by atoms with Gasteiger partial charge in [-0.1, -0.05) is 0 Å². The molecule has 0 aromatic heterocycles. The second-order valence-corrected chi connectivity index (χ2v) is 2.77. The van der Waals surface area contributed by atoms with Gasteiger partial charge in [0, 0.05) is 19.4 Å². The minimum atomic E-state index is 0.103. The molecule has 3 heteroatoms.